The van der Waals surface area contributed by atoms with E-state index in [1.54, 1.807) is 30.3 Å². The normalized spacial score (nSPS) is 11.4. The Morgan fingerprint density at radius 1 is 1.04 bits per heavy atom. The van der Waals surface area contributed by atoms with Gasteiger partial charge in [-0.15, -0.1) is 0 Å². The van der Waals surface area contributed by atoms with Crippen LogP contribution in [0.5, 0.6) is 11.5 Å². The fourth-order valence-corrected chi connectivity index (χ4v) is 2.19. The van der Waals surface area contributed by atoms with E-state index < -0.39 is 18.0 Å². The average Bonchev–Trinajstić information content (AvgIpc) is 2.62. The summed E-state index contributed by atoms with van der Waals surface area (Å²) in [5, 5.41) is 3.01. The highest BCUT2D eigenvalue weighted by Crippen LogP contribution is 2.24. The molecule has 2 rings (SSSR count). The minimum Gasteiger partial charge on any atom is -0.497 e. The number of ether oxygens (including phenoxy) is 3. The zero-order chi connectivity index (χ0) is 18.4. The molecule has 0 aliphatic carbocycles. The van der Waals surface area contributed by atoms with E-state index in [2.05, 4.69) is 5.32 Å². The van der Waals surface area contributed by atoms with Crippen LogP contribution in [0.2, 0.25) is 5.02 Å². The lowest BCUT2D eigenvalue weighted by Gasteiger charge is -2.15. The minimum atomic E-state index is -1.01. The van der Waals surface area contributed by atoms with Gasteiger partial charge in [-0.2, -0.15) is 0 Å². The lowest BCUT2D eigenvalue weighted by Crippen LogP contribution is -2.30. The van der Waals surface area contributed by atoms with Gasteiger partial charge in [-0.05, 0) is 31.2 Å². The Morgan fingerprint density at radius 2 is 1.64 bits per heavy atom. The van der Waals surface area contributed by atoms with Crippen molar-refractivity contribution in [2.45, 2.75) is 13.0 Å². The smallest absolute Gasteiger partial charge is 0.339 e. The molecule has 0 fully saturated rings. The van der Waals surface area contributed by atoms with E-state index in [1.165, 1.54) is 33.3 Å². The number of hydrogen-bond acceptors (Lipinski definition) is 5. The molecule has 0 unspecified atom stereocenters. The van der Waals surface area contributed by atoms with E-state index in [0.717, 1.165) is 0 Å². The van der Waals surface area contributed by atoms with E-state index >= 15 is 0 Å². The van der Waals surface area contributed by atoms with Gasteiger partial charge < -0.3 is 19.5 Å². The minimum absolute atomic E-state index is 0.216. The van der Waals surface area contributed by atoms with E-state index in [4.69, 9.17) is 25.8 Å². The summed E-state index contributed by atoms with van der Waals surface area (Å²) < 4.78 is 15.4. The zero-order valence-electron chi connectivity index (χ0n) is 14.0. The van der Waals surface area contributed by atoms with E-state index in [1.807, 2.05) is 0 Å². The number of carbonyl (C=O) groups excluding carboxylic acids is 2. The Morgan fingerprint density at radius 3 is 2.20 bits per heavy atom. The first-order valence-electron chi connectivity index (χ1n) is 7.44. The molecule has 6 nitrogen and oxygen atoms in total. The van der Waals surface area contributed by atoms with Crippen LogP contribution in [-0.4, -0.2) is 32.2 Å². The Labute approximate surface area is 150 Å². The van der Waals surface area contributed by atoms with Crippen molar-refractivity contribution in [3.63, 3.8) is 0 Å². The fraction of sp³-hybridized carbons (Fsp3) is 0.222. The van der Waals surface area contributed by atoms with Gasteiger partial charge in [0.25, 0.3) is 5.91 Å². The molecule has 1 atom stereocenters. The van der Waals surface area contributed by atoms with Crippen molar-refractivity contribution in [3.8, 4) is 11.5 Å². The summed E-state index contributed by atoms with van der Waals surface area (Å²) in [6.07, 6.45) is -1.01. The Balaban J connectivity index is 2.07. The molecular formula is C18H18ClNO5. The van der Waals surface area contributed by atoms with E-state index in [9.17, 15) is 9.59 Å². The third kappa shape index (κ3) is 4.87. The van der Waals surface area contributed by atoms with Gasteiger partial charge in [0.05, 0.1) is 30.5 Å². The molecule has 0 saturated heterocycles. The maximum Gasteiger partial charge on any atom is 0.339 e. The number of amides is 1. The molecular weight excluding hydrogens is 346 g/mol. The first kappa shape index (κ1) is 18.6. The zero-order valence-corrected chi connectivity index (χ0v) is 14.8. The van der Waals surface area contributed by atoms with Gasteiger partial charge in [0.1, 0.15) is 11.5 Å². The quantitative estimate of drug-likeness (QED) is 0.794. The molecule has 2 aromatic rings. The molecule has 0 radical (unpaired) electrons. The number of carbonyl (C=O) groups is 2. The number of esters is 1. The van der Waals surface area contributed by atoms with Gasteiger partial charge in [0.15, 0.2) is 6.10 Å². The van der Waals surface area contributed by atoms with Crippen LogP contribution in [0.15, 0.2) is 42.5 Å². The lowest BCUT2D eigenvalue weighted by atomic mass is 10.2. The maximum atomic E-state index is 12.3. The maximum absolute atomic E-state index is 12.3. The predicted octanol–water partition coefficient (Wildman–Crippen LogP) is 3.54. The van der Waals surface area contributed by atoms with Gasteiger partial charge in [-0.3, -0.25) is 4.79 Å². The number of methoxy groups -OCH3 is 2. The number of halogens is 1. The molecule has 0 spiro atoms. The highest BCUT2D eigenvalue weighted by atomic mass is 35.5. The molecule has 0 aliphatic heterocycles. The van der Waals surface area contributed by atoms with Crippen molar-refractivity contribution in [3.05, 3.63) is 53.1 Å². The monoisotopic (exact) mass is 363 g/mol. The molecule has 7 heteroatoms. The number of rotatable bonds is 6. The first-order chi connectivity index (χ1) is 11.9. The molecule has 0 aliphatic rings. The van der Waals surface area contributed by atoms with Gasteiger partial charge >= 0.3 is 5.97 Å². The van der Waals surface area contributed by atoms with Crippen molar-refractivity contribution < 1.29 is 23.8 Å². The molecule has 0 aromatic heterocycles. The lowest BCUT2D eigenvalue weighted by molar-refractivity contribution is -0.123. The van der Waals surface area contributed by atoms with Gasteiger partial charge in [0.2, 0.25) is 0 Å². The number of hydrogen-bond donors (Lipinski definition) is 1. The van der Waals surface area contributed by atoms with Crippen molar-refractivity contribution in [1.82, 2.24) is 0 Å². The molecule has 1 N–H and O–H groups in total. The highest BCUT2D eigenvalue weighted by molar-refractivity contribution is 6.33. The van der Waals surface area contributed by atoms with E-state index in [-0.39, 0.29) is 5.56 Å². The van der Waals surface area contributed by atoms with Crippen molar-refractivity contribution >= 4 is 29.2 Å². The van der Waals surface area contributed by atoms with Gasteiger partial charge in [-0.25, -0.2) is 4.79 Å². The summed E-state index contributed by atoms with van der Waals surface area (Å²) in [5.41, 5.74) is 0.661. The topological polar surface area (TPSA) is 73.9 Å². The van der Waals surface area contributed by atoms with Crippen LogP contribution in [0.3, 0.4) is 0 Å². The average molecular weight is 364 g/mol. The number of nitrogens with one attached hydrogen (secondary N) is 1. The SMILES string of the molecule is COc1cc(OC)cc(C(=O)O[C@H](C)C(=O)Nc2ccccc2Cl)c1. The standard InChI is InChI=1S/C18H18ClNO5/c1-11(17(21)20-16-7-5-4-6-15(16)19)25-18(22)12-8-13(23-2)10-14(9-12)24-3/h4-11H,1-3H3,(H,20,21)/t11-/m1/s1. The summed E-state index contributed by atoms with van der Waals surface area (Å²) in [7, 11) is 2.95. The molecule has 0 saturated carbocycles. The molecule has 2 aromatic carbocycles. The van der Waals surface area contributed by atoms with Crippen molar-refractivity contribution in [1.29, 1.82) is 0 Å². The number of anilines is 1. The Bertz CT molecular complexity index is 756. The van der Waals surface area contributed by atoms with Crippen molar-refractivity contribution in [2.24, 2.45) is 0 Å². The molecule has 0 bridgehead atoms. The number of benzene rings is 2. The van der Waals surface area contributed by atoms with E-state index in [0.29, 0.717) is 22.2 Å². The van der Waals surface area contributed by atoms with Crippen LogP contribution in [0.1, 0.15) is 17.3 Å². The second-order valence-corrected chi connectivity index (χ2v) is 5.53. The second-order valence-electron chi connectivity index (χ2n) is 5.12. The van der Waals surface area contributed by atoms with Gasteiger partial charge in [-0.1, -0.05) is 23.7 Å². The van der Waals surface area contributed by atoms with Crippen LogP contribution in [-0.2, 0) is 9.53 Å². The Kier molecular flexibility index (Phi) is 6.25. The predicted molar refractivity (Wildman–Crippen MR) is 94.5 cm³/mol. The summed E-state index contributed by atoms with van der Waals surface area (Å²) in [4.78, 5) is 24.5. The first-order valence-corrected chi connectivity index (χ1v) is 7.82. The van der Waals surface area contributed by atoms with Crippen LogP contribution in [0.4, 0.5) is 5.69 Å². The van der Waals surface area contributed by atoms with Crippen LogP contribution >= 0.6 is 11.6 Å². The highest BCUT2D eigenvalue weighted by Gasteiger charge is 2.20. The summed E-state index contributed by atoms with van der Waals surface area (Å²) in [5.74, 6) is -0.269. The Hall–Kier alpha value is -2.73. The number of para-hydroxylation sites is 1. The molecule has 1 amide bonds. The van der Waals surface area contributed by atoms with Gasteiger partial charge in [0, 0.05) is 6.07 Å². The summed E-state index contributed by atoms with van der Waals surface area (Å²) >= 11 is 5.99. The largest absolute Gasteiger partial charge is 0.497 e. The van der Waals surface area contributed by atoms with Crippen LogP contribution < -0.4 is 14.8 Å². The third-order valence-electron chi connectivity index (χ3n) is 3.37. The molecule has 0 heterocycles. The molecule has 132 valence electrons. The summed E-state index contributed by atoms with van der Waals surface area (Å²) in [6.45, 7) is 1.47. The van der Waals surface area contributed by atoms with Crippen molar-refractivity contribution in [2.75, 3.05) is 19.5 Å². The molecule has 25 heavy (non-hydrogen) atoms. The van der Waals surface area contributed by atoms with Crippen LogP contribution in [0, 0.1) is 0 Å². The summed E-state index contributed by atoms with van der Waals surface area (Å²) in [6, 6.07) is 11.4. The fourth-order valence-electron chi connectivity index (χ4n) is 2.00. The van der Waals surface area contributed by atoms with Crippen LogP contribution in [0.25, 0.3) is 0 Å². The second kappa shape index (κ2) is 8.39. The third-order valence-corrected chi connectivity index (χ3v) is 3.70.